The number of nitrogens with zero attached hydrogens (tertiary/aromatic N) is 1. The van der Waals surface area contributed by atoms with Crippen LogP contribution in [0.15, 0.2) is 5.10 Å². The van der Waals surface area contributed by atoms with Crippen molar-refractivity contribution in [3.63, 3.8) is 0 Å². The molecule has 5 fully saturated rings. The Morgan fingerprint density at radius 2 is 1.58 bits per heavy atom. The van der Waals surface area contributed by atoms with Crippen molar-refractivity contribution in [3.8, 4) is 0 Å². The predicted octanol–water partition coefficient (Wildman–Crippen LogP) is 6.65. The van der Waals surface area contributed by atoms with Gasteiger partial charge >= 0.3 is 0 Å². The summed E-state index contributed by atoms with van der Waals surface area (Å²) in [6, 6.07) is 0. The smallest absolute Gasteiger partial charge is 0.0594 e. The molecular weight excluding hydrogens is 404 g/mol. The normalized spacial score (nSPS) is 59.2. The average molecular weight is 455 g/mol. The second-order valence-electron chi connectivity index (χ2n) is 15.2. The molecule has 1 aliphatic heterocycles. The standard InChI is InChI=1S/C30H50N2O/c1-26(2)22-10-14-30(6)23(28(22,4)13-11-24(26)33)8-7-21-25-20(19-17-31-32-18-19)9-12-27(25,3)15-16-29(21,30)5/h17,19-25,32-33H,7-16,18H2,1-6H3/t19?,20-,21+,22-,23+,24-,25+,27+,28-,29+,30+/m0/s1. The van der Waals surface area contributed by atoms with E-state index < -0.39 is 0 Å². The van der Waals surface area contributed by atoms with Crippen LogP contribution in [-0.4, -0.2) is 24.0 Å². The number of hydrogen-bond donors (Lipinski definition) is 2. The lowest BCUT2D eigenvalue weighted by molar-refractivity contribution is -0.247. The van der Waals surface area contributed by atoms with Gasteiger partial charge in [0.15, 0.2) is 0 Å². The van der Waals surface area contributed by atoms with E-state index in [0.717, 1.165) is 36.6 Å². The van der Waals surface area contributed by atoms with Gasteiger partial charge in [0.2, 0.25) is 0 Å². The summed E-state index contributed by atoms with van der Waals surface area (Å²) in [6.07, 6.45) is 15.7. The third kappa shape index (κ3) is 2.75. The highest BCUT2D eigenvalue weighted by Crippen LogP contribution is 2.77. The van der Waals surface area contributed by atoms with E-state index in [-0.39, 0.29) is 11.5 Å². The number of hydrogen-bond acceptors (Lipinski definition) is 3. The highest BCUT2D eigenvalue weighted by molar-refractivity contribution is 5.63. The molecule has 3 nitrogen and oxygen atoms in total. The number of aliphatic hydroxyl groups is 1. The maximum Gasteiger partial charge on any atom is 0.0594 e. The van der Waals surface area contributed by atoms with E-state index in [2.05, 4.69) is 58.3 Å². The average Bonchev–Trinajstić information content (AvgIpc) is 3.40. The van der Waals surface area contributed by atoms with Crippen LogP contribution in [-0.2, 0) is 0 Å². The van der Waals surface area contributed by atoms with Crippen LogP contribution < -0.4 is 5.43 Å². The monoisotopic (exact) mass is 454 g/mol. The Morgan fingerprint density at radius 1 is 0.788 bits per heavy atom. The minimum Gasteiger partial charge on any atom is -0.393 e. The van der Waals surface area contributed by atoms with Crippen molar-refractivity contribution < 1.29 is 5.11 Å². The third-order valence-electron chi connectivity index (χ3n) is 14.1. The minimum atomic E-state index is -0.122. The first-order valence-corrected chi connectivity index (χ1v) is 14.4. The summed E-state index contributed by atoms with van der Waals surface area (Å²) in [7, 11) is 0. The predicted molar refractivity (Wildman–Crippen MR) is 136 cm³/mol. The molecule has 5 saturated carbocycles. The highest BCUT2D eigenvalue weighted by atomic mass is 16.3. The Morgan fingerprint density at radius 3 is 2.30 bits per heavy atom. The van der Waals surface area contributed by atoms with Gasteiger partial charge in [-0.3, -0.25) is 0 Å². The molecule has 0 spiro atoms. The van der Waals surface area contributed by atoms with Crippen LogP contribution in [0.5, 0.6) is 0 Å². The van der Waals surface area contributed by atoms with Gasteiger partial charge in [-0.05, 0) is 121 Å². The fourth-order valence-corrected chi connectivity index (χ4v) is 12.1. The molecule has 5 aliphatic carbocycles. The molecule has 0 amide bonds. The van der Waals surface area contributed by atoms with Crippen molar-refractivity contribution >= 4 is 6.21 Å². The molecule has 0 aromatic heterocycles. The number of fused-ring (bicyclic) bond motifs is 7. The van der Waals surface area contributed by atoms with Crippen molar-refractivity contribution in [2.24, 2.45) is 67.7 Å². The zero-order chi connectivity index (χ0) is 23.4. The molecule has 0 aromatic carbocycles. The molecule has 186 valence electrons. The molecule has 0 bridgehead atoms. The van der Waals surface area contributed by atoms with Gasteiger partial charge in [-0.2, -0.15) is 5.10 Å². The number of nitrogens with one attached hydrogen (secondary N) is 1. The van der Waals surface area contributed by atoms with Crippen LogP contribution >= 0.6 is 0 Å². The first-order chi connectivity index (χ1) is 15.5. The Balaban J connectivity index is 1.37. The van der Waals surface area contributed by atoms with Gasteiger partial charge in [-0.25, -0.2) is 0 Å². The van der Waals surface area contributed by atoms with Gasteiger partial charge in [0.25, 0.3) is 0 Å². The number of hydrazone groups is 1. The lowest BCUT2D eigenvalue weighted by Crippen LogP contribution is -2.66. The summed E-state index contributed by atoms with van der Waals surface area (Å²) < 4.78 is 0. The van der Waals surface area contributed by atoms with E-state index in [1.807, 2.05) is 0 Å². The largest absolute Gasteiger partial charge is 0.393 e. The van der Waals surface area contributed by atoms with Crippen LogP contribution in [0.2, 0.25) is 0 Å². The molecule has 11 atom stereocenters. The summed E-state index contributed by atoms with van der Waals surface area (Å²) in [5.41, 5.74) is 5.18. The summed E-state index contributed by atoms with van der Waals surface area (Å²) in [4.78, 5) is 0. The topological polar surface area (TPSA) is 44.6 Å². The van der Waals surface area contributed by atoms with Gasteiger partial charge < -0.3 is 10.5 Å². The lowest BCUT2D eigenvalue weighted by Gasteiger charge is -2.73. The summed E-state index contributed by atoms with van der Waals surface area (Å²) in [6.45, 7) is 16.6. The molecule has 6 rings (SSSR count). The highest BCUT2D eigenvalue weighted by Gasteiger charge is 2.70. The lowest BCUT2D eigenvalue weighted by atomic mass is 9.32. The fraction of sp³-hybridized carbons (Fsp3) is 0.967. The second kappa shape index (κ2) is 7.01. The maximum absolute atomic E-state index is 10.9. The zero-order valence-corrected chi connectivity index (χ0v) is 22.3. The minimum absolute atomic E-state index is 0.0581. The van der Waals surface area contributed by atoms with Crippen molar-refractivity contribution in [2.75, 3.05) is 6.54 Å². The van der Waals surface area contributed by atoms with E-state index in [9.17, 15) is 5.11 Å². The van der Waals surface area contributed by atoms with E-state index in [0.29, 0.717) is 33.5 Å². The van der Waals surface area contributed by atoms with Gasteiger partial charge in [-0.15, -0.1) is 0 Å². The molecule has 0 aromatic rings. The molecule has 3 heteroatoms. The summed E-state index contributed by atoms with van der Waals surface area (Å²) >= 11 is 0. The van der Waals surface area contributed by atoms with Crippen molar-refractivity contribution in [2.45, 2.75) is 112 Å². The van der Waals surface area contributed by atoms with Crippen molar-refractivity contribution in [3.05, 3.63) is 0 Å². The number of rotatable bonds is 1. The zero-order valence-electron chi connectivity index (χ0n) is 22.3. The Kier molecular flexibility index (Phi) is 4.86. The molecule has 1 heterocycles. The van der Waals surface area contributed by atoms with E-state index in [1.54, 1.807) is 0 Å². The Labute approximate surface area is 202 Å². The third-order valence-corrected chi connectivity index (χ3v) is 14.1. The van der Waals surface area contributed by atoms with Gasteiger partial charge in [-0.1, -0.05) is 41.5 Å². The second-order valence-corrected chi connectivity index (χ2v) is 15.2. The molecular formula is C30H50N2O. The summed E-state index contributed by atoms with van der Waals surface area (Å²) in [5.74, 6) is 4.71. The van der Waals surface area contributed by atoms with Crippen molar-refractivity contribution in [1.82, 2.24) is 5.43 Å². The van der Waals surface area contributed by atoms with E-state index >= 15 is 0 Å². The van der Waals surface area contributed by atoms with Crippen LogP contribution in [0.3, 0.4) is 0 Å². The number of aliphatic hydroxyl groups excluding tert-OH is 1. The van der Waals surface area contributed by atoms with Crippen molar-refractivity contribution in [1.29, 1.82) is 0 Å². The molecule has 6 aliphatic rings. The van der Waals surface area contributed by atoms with Crippen LogP contribution in [0.25, 0.3) is 0 Å². The fourth-order valence-electron chi connectivity index (χ4n) is 12.1. The molecule has 1 unspecified atom stereocenters. The maximum atomic E-state index is 10.9. The first-order valence-electron chi connectivity index (χ1n) is 14.4. The van der Waals surface area contributed by atoms with Crippen LogP contribution in [0, 0.1) is 62.6 Å². The molecule has 2 N–H and O–H groups in total. The van der Waals surface area contributed by atoms with Gasteiger partial charge in [0.05, 0.1) is 6.10 Å². The Hall–Kier alpha value is -0.570. The molecule has 0 radical (unpaired) electrons. The van der Waals surface area contributed by atoms with Gasteiger partial charge in [0.1, 0.15) is 0 Å². The quantitative estimate of drug-likeness (QED) is 0.465. The SMILES string of the molecule is CC1(C)[C@@H](O)CC[C@]2(C)[C@H]3CC[C@@H]4[C@H]5[C@H](C6C=NNC6)CC[C@]5(C)CC[C@@]4(C)[C@]3(C)CC[C@@H]12. The summed E-state index contributed by atoms with van der Waals surface area (Å²) in [5, 5.41) is 15.4. The van der Waals surface area contributed by atoms with E-state index in [1.165, 1.54) is 57.8 Å². The van der Waals surface area contributed by atoms with Crippen LogP contribution in [0.1, 0.15) is 106 Å². The Bertz CT molecular complexity index is 837. The van der Waals surface area contributed by atoms with E-state index in [4.69, 9.17) is 0 Å². The molecule has 0 saturated heterocycles. The van der Waals surface area contributed by atoms with Gasteiger partial charge in [0, 0.05) is 18.7 Å². The molecule has 33 heavy (non-hydrogen) atoms. The first kappa shape index (κ1) is 22.9. The van der Waals surface area contributed by atoms with Crippen LogP contribution in [0.4, 0.5) is 0 Å².